The van der Waals surface area contributed by atoms with Crippen molar-refractivity contribution in [3.63, 3.8) is 0 Å². The Labute approximate surface area is 143 Å². The number of hydrogen-bond donors (Lipinski definition) is 2. The highest BCUT2D eigenvalue weighted by Crippen LogP contribution is 2.21. The van der Waals surface area contributed by atoms with Crippen molar-refractivity contribution >= 4 is 41.3 Å². The van der Waals surface area contributed by atoms with Gasteiger partial charge in [-0.2, -0.15) is 0 Å². The number of rotatable bonds is 4. The molecule has 0 saturated carbocycles. The second-order valence-corrected chi connectivity index (χ2v) is 6.75. The maximum absolute atomic E-state index is 12.1. The molecule has 22 heavy (non-hydrogen) atoms. The molecular formula is C13H17Cl2N5OS. The first-order valence-electron chi connectivity index (χ1n) is 6.87. The van der Waals surface area contributed by atoms with Gasteiger partial charge in [0.25, 0.3) is 5.91 Å². The minimum absolute atomic E-state index is 0. The average Bonchev–Trinajstić information content (AvgIpc) is 3.15. The minimum Gasteiger partial charge on any atom is -0.346 e. The number of thiophene rings is 1. The van der Waals surface area contributed by atoms with E-state index in [1.165, 1.54) is 11.3 Å². The second-order valence-electron chi connectivity index (χ2n) is 4.95. The molecule has 1 aliphatic heterocycles. The summed E-state index contributed by atoms with van der Waals surface area (Å²) in [5.74, 6) is -0.209. The van der Waals surface area contributed by atoms with Crippen LogP contribution in [-0.2, 0) is 6.54 Å². The Morgan fingerprint density at radius 2 is 2.23 bits per heavy atom. The van der Waals surface area contributed by atoms with Crippen LogP contribution < -0.4 is 10.6 Å². The topological polar surface area (TPSA) is 71.8 Å². The summed E-state index contributed by atoms with van der Waals surface area (Å²) in [4.78, 5) is 13.1. The zero-order chi connectivity index (χ0) is 14.7. The molecule has 9 heteroatoms. The van der Waals surface area contributed by atoms with Crippen LogP contribution in [0.4, 0.5) is 0 Å². The van der Waals surface area contributed by atoms with Crippen molar-refractivity contribution in [1.29, 1.82) is 0 Å². The Kier molecular flexibility index (Phi) is 6.19. The van der Waals surface area contributed by atoms with Gasteiger partial charge in [-0.25, -0.2) is 4.68 Å². The number of amides is 1. The molecule has 0 bridgehead atoms. The molecule has 1 amide bonds. The summed E-state index contributed by atoms with van der Waals surface area (Å²) in [5, 5.41) is 14.2. The first-order valence-corrected chi connectivity index (χ1v) is 8.07. The predicted octanol–water partition coefficient (Wildman–Crippen LogP) is 2.27. The predicted molar refractivity (Wildman–Crippen MR) is 88.9 cm³/mol. The molecule has 6 nitrogen and oxygen atoms in total. The summed E-state index contributed by atoms with van der Waals surface area (Å²) in [5.41, 5.74) is 0.358. The zero-order valence-electron chi connectivity index (χ0n) is 11.8. The van der Waals surface area contributed by atoms with Crippen LogP contribution in [0.1, 0.15) is 34.2 Å². The number of piperidine rings is 1. The molecule has 0 atom stereocenters. The lowest BCUT2D eigenvalue weighted by molar-refractivity contribution is 0.0946. The maximum Gasteiger partial charge on any atom is 0.273 e. The number of hydrogen-bond acceptors (Lipinski definition) is 5. The van der Waals surface area contributed by atoms with Gasteiger partial charge in [0, 0.05) is 4.88 Å². The Hall–Kier alpha value is -1.15. The third-order valence-electron chi connectivity index (χ3n) is 3.48. The monoisotopic (exact) mass is 361 g/mol. The van der Waals surface area contributed by atoms with Gasteiger partial charge < -0.3 is 10.6 Å². The first-order chi connectivity index (χ1) is 10.2. The number of carbonyl (C=O) groups is 1. The van der Waals surface area contributed by atoms with Crippen LogP contribution in [0.25, 0.3) is 0 Å². The molecule has 2 N–H and O–H groups in total. The molecule has 0 unspecified atom stereocenters. The van der Waals surface area contributed by atoms with Gasteiger partial charge in [-0.15, -0.1) is 28.8 Å². The van der Waals surface area contributed by atoms with E-state index in [4.69, 9.17) is 11.6 Å². The molecule has 120 valence electrons. The molecule has 0 aliphatic carbocycles. The van der Waals surface area contributed by atoms with Crippen molar-refractivity contribution < 1.29 is 4.79 Å². The molecule has 1 saturated heterocycles. The van der Waals surface area contributed by atoms with Crippen LogP contribution in [0.2, 0.25) is 4.34 Å². The van der Waals surface area contributed by atoms with Crippen molar-refractivity contribution in [1.82, 2.24) is 25.6 Å². The summed E-state index contributed by atoms with van der Waals surface area (Å²) in [6.45, 7) is 2.41. The lowest BCUT2D eigenvalue weighted by Crippen LogP contribution is -2.29. The van der Waals surface area contributed by atoms with Gasteiger partial charge in [0.1, 0.15) is 0 Å². The van der Waals surface area contributed by atoms with E-state index < -0.39 is 0 Å². The quantitative estimate of drug-likeness (QED) is 0.875. The Balaban J connectivity index is 0.00000176. The van der Waals surface area contributed by atoms with Crippen LogP contribution in [-0.4, -0.2) is 34.0 Å². The molecular weight excluding hydrogens is 345 g/mol. The molecule has 3 rings (SSSR count). The van der Waals surface area contributed by atoms with Gasteiger partial charge in [-0.3, -0.25) is 4.79 Å². The van der Waals surface area contributed by atoms with Crippen molar-refractivity contribution in [3.05, 3.63) is 33.2 Å². The number of aromatic nitrogens is 3. The maximum atomic E-state index is 12.1. The highest BCUT2D eigenvalue weighted by molar-refractivity contribution is 7.16. The highest BCUT2D eigenvalue weighted by Gasteiger charge is 2.18. The van der Waals surface area contributed by atoms with E-state index in [0.29, 0.717) is 18.3 Å². The van der Waals surface area contributed by atoms with Crippen molar-refractivity contribution in [2.24, 2.45) is 0 Å². The Bertz CT molecular complexity index is 623. The Morgan fingerprint density at radius 1 is 1.45 bits per heavy atom. The summed E-state index contributed by atoms with van der Waals surface area (Å²) in [6, 6.07) is 4.05. The lowest BCUT2D eigenvalue weighted by Gasteiger charge is -2.22. The van der Waals surface area contributed by atoms with Crippen LogP contribution in [0.5, 0.6) is 0 Å². The van der Waals surface area contributed by atoms with E-state index in [1.807, 2.05) is 12.1 Å². The summed E-state index contributed by atoms with van der Waals surface area (Å²) < 4.78 is 2.52. The van der Waals surface area contributed by atoms with E-state index in [2.05, 4.69) is 20.9 Å². The summed E-state index contributed by atoms with van der Waals surface area (Å²) in [7, 11) is 0. The molecule has 1 fully saturated rings. The van der Waals surface area contributed by atoms with Crippen molar-refractivity contribution in [2.75, 3.05) is 13.1 Å². The number of nitrogens with one attached hydrogen (secondary N) is 2. The normalized spacial score (nSPS) is 15.3. The fourth-order valence-corrected chi connectivity index (χ4v) is 3.36. The SMILES string of the molecule is Cl.O=C(NCc1ccc(Cl)s1)c1cn(C2CCNCC2)nn1. The molecule has 1 aliphatic rings. The van der Waals surface area contributed by atoms with Crippen LogP contribution in [0.3, 0.4) is 0 Å². The van der Waals surface area contributed by atoms with E-state index >= 15 is 0 Å². The van der Waals surface area contributed by atoms with Gasteiger partial charge in [-0.05, 0) is 38.1 Å². The number of nitrogens with zero attached hydrogens (tertiary/aromatic N) is 3. The molecule has 0 radical (unpaired) electrons. The van der Waals surface area contributed by atoms with E-state index in [0.717, 1.165) is 35.1 Å². The van der Waals surface area contributed by atoms with E-state index in [1.54, 1.807) is 10.9 Å². The van der Waals surface area contributed by atoms with Gasteiger partial charge in [-0.1, -0.05) is 16.8 Å². The molecule has 0 spiro atoms. The van der Waals surface area contributed by atoms with Crippen LogP contribution in [0.15, 0.2) is 18.3 Å². The largest absolute Gasteiger partial charge is 0.346 e. The van der Waals surface area contributed by atoms with Gasteiger partial charge in [0.2, 0.25) is 0 Å². The fourth-order valence-electron chi connectivity index (χ4n) is 2.34. The van der Waals surface area contributed by atoms with Crippen LogP contribution in [0, 0.1) is 0 Å². The number of halogens is 2. The average molecular weight is 362 g/mol. The summed E-state index contributed by atoms with van der Waals surface area (Å²) >= 11 is 7.31. The fraction of sp³-hybridized carbons (Fsp3) is 0.462. The van der Waals surface area contributed by atoms with E-state index in [9.17, 15) is 4.79 Å². The van der Waals surface area contributed by atoms with E-state index in [-0.39, 0.29) is 18.3 Å². The third kappa shape index (κ3) is 4.19. The van der Waals surface area contributed by atoms with Gasteiger partial charge in [0.05, 0.1) is 23.1 Å². The smallest absolute Gasteiger partial charge is 0.273 e. The molecule has 0 aromatic carbocycles. The molecule has 2 aromatic rings. The zero-order valence-corrected chi connectivity index (χ0v) is 14.2. The lowest BCUT2D eigenvalue weighted by atomic mass is 10.1. The van der Waals surface area contributed by atoms with Gasteiger partial charge >= 0.3 is 0 Å². The third-order valence-corrected chi connectivity index (χ3v) is 4.71. The van der Waals surface area contributed by atoms with Gasteiger partial charge in [0.15, 0.2) is 5.69 Å². The van der Waals surface area contributed by atoms with Crippen molar-refractivity contribution in [2.45, 2.75) is 25.4 Å². The first kappa shape index (κ1) is 17.2. The minimum atomic E-state index is -0.209. The standard InChI is InChI=1S/C13H16ClN5OS.ClH/c14-12-2-1-10(21-12)7-16-13(20)11-8-19(18-17-11)9-3-5-15-6-4-9;/h1-2,8-9,15H,3-7H2,(H,16,20);1H. The Morgan fingerprint density at radius 3 is 2.91 bits per heavy atom. The summed E-state index contributed by atoms with van der Waals surface area (Å²) in [6.07, 6.45) is 3.75. The molecule has 2 aromatic heterocycles. The molecule has 3 heterocycles. The number of carbonyl (C=O) groups excluding carboxylic acids is 1. The highest BCUT2D eigenvalue weighted by atomic mass is 35.5. The van der Waals surface area contributed by atoms with Crippen molar-refractivity contribution in [3.8, 4) is 0 Å². The second kappa shape index (κ2) is 7.92. The van der Waals surface area contributed by atoms with Crippen LogP contribution >= 0.6 is 35.3 Å².